The Balaban J connectivity index is 0.000000153. The normalized spacial score (nSPS) is 11.0. The fourth-order valence-corrected chi connectivity index (χ4v) is 2.79. The molecule has 0 radical (unpaired) electrons. The fourth-order valence-electron chi connectivity index (χ4n) is 2.79. The number of carbonyl (C=O) groups is 2. The summed E-state index contributed by atoms with van der Waals surface area (Å²) in [5, 5.41) is 18.8. The molecular weight excluding hydrogens is 334 g/mol. The van der Waals surface area contributed by atoms with Gasteiger partial charge in [-0.15, -0.1) is 0 Å². The molecule has 1 N–H and O–H groups in total. The van der Waals surface area contributed by atoms with Gasteiger partial charge in [-0.05, 0) is 17.2 Å². The molecule has 0 unspecified atom stereocenters. The molecule has 0 saturated carbocycles. The summed E-state index contributed by atoms with van der Waals surface area (Å²) in [6.45, 7) is 0. The van der Waals surface area contributed by atoms with Crippen molar-refractivity contribution >= 4 is 17.4 Å². The second-order valence-corrected chi connectivity index (χ2v) is 5.50. The second kappa shape index (κ2) is 6.98. The summed E-state index contributed by atoms with van der Waals surface area (Å²) >= 11 is 0. The number of carbonyl (C=O) groups excluding carboxylic acids is 1. The number of aromatic carboxylic acids is 1. The molecular formula is C20H13NO5. The maximum absolute atomic E-state index is 11.9. The molecule has 3 aromatic carbocycles. The minimum atomic E-state index is -1.29. The Morgan fingerprint density at radius 3 is 1.62 bits per heavy atom. The smallest absolute Gasteiger partial charge is 0.342 e. The zero-order valence-corrected chi connectivity index (χ0v) is 13.5. The van der Waals surface area contributed by atoms with Gasteiger partial charge in [0.25, 0.3) is 5.69 Å². The predicted octanol–water partition coefficient (Wildman–Crippen LogP) is 4.19. The number of carboxylic acids is 1. The first-order valence-electron chi connectivity index (χ1n) is 7.70. The molecule has 26 heavy (non-hydrogen) atoms. The van der Waals surface area contributed by atoms with Gasteiger partial charge in [-0.25, -0.2) is 4.79 Å². The van der Waals surface area contributed by atoms with E-state index in [1.54, 1.807) is 0 Å². The molecule has 1 aliphatic carbocycles. The number of fused-ring (bicyclic) bond motifs is 3. The standard InChI is InChI=1S/C13H8O.C7H5NO4/c14-13-11-7-3-1-5-9(11)10-6-2-4-8-12(10)13;9-7(10)5-3-1-2-4-6(5)8(11)12/h1-8H;1-4H,(H,9,10). The first-order chi connectivity index (χ1) is 12.5. The Kier molecular flexibility index (Phi) is 4.57. The lowest BCUT2D eigenvalue weighted by Crippen LogP contribution is -2.01. The minimum Gasteiger partial charge on any atom is -0.477 e. The summed E-state index contributed by atoms with van der Waals surface area (Å²) in [5.41, 5.74) is 3.11. The van der Waals surface area contributed by atoms with Crippen molar-refractivity contribution in [3.8, 4) is 11.1 Å². The summed E-state index contributed by atoms with van der Waals surface area (Å²) in [7, 11) is 0. The third kappa shape index (κ3) is 3.08. The molecule has 0 atom stereocenters. The lowest BCUT2D eigenvalue weighted by Gasteiger charge is -1.96. The molecule has 0 spiro atoms. The largest absolute Gasteiger partial charge is 0.477 e. The van der Waals surface area contributed by atoms with E-state index in [-0.39, 0.29) is 17.0 Å². The number of hydrogen-bond acceptors (Lipinski definition) is 4. The molecule has 6 nitrogen and oxygen atoms in total. The quantitative estimate of drug-likeness (QED) is 0.433. The number of nitro groups is 1. The van der Waals surface area contributed by atoms with E-state index in [0.717, 1.165) is 28.3 Å². The van der Waals surface area contributed by atoms with Crippen molar-refractivity contribution in [3.63, 3.8) is 0 Å². The SMILES string of the molecule is O=C(O)c1ccccc1[N+](=O)[O-].O=C1c2ccccc2-c2ccccc21. The highest BCUT2D eigenvalue weighted by Crippen LogP contribution is 2.35. The van der Waals surface area contributed by atoms with Gasteiger partial charge in [0.2, 0.25) is 0 Å². The van der Waals surface area contributed by atoms with Gasteiger partial charge in [0.1, 0.15) is 5.56 Å². The van der Waals surface area contributed by atoms with Crippen LogP contribution in [0.2, 0.25) is 0 Å². The second-order valence-electron chi connectivity index (χ2n) is 5.50. The molecule has 4 rings (SSSR count). The molecule has 1 aliphatic rings. The van der Waals surface area contributed by atoms with Gasteiger partial charge >= 0.3 is 5.97 Å². The van der Waals surface area contributed by atoms with Crippen LogP contribution in [0.3, 0.4) is 0 Å². The summed E-state index contributed by atoms with van der Waals surface area (Å²) < 4.78 is 0. The monoisotopic (exact) mass is 347 g/mol. The van der Waals surface area contributed by atoms with Crippen molar-refractivity contribution < 1.29 is 19.6 Å². The summed E-state index contributed by atoms with van der Waals surface area (Å²) in [4.78, 5) is 31.9. The van der Waals surface area contributed by atoms with Crippen LogP contribution < -0.4 is 0 Å². The third-order valence-electron chi connectivity index (χ3n) is 3.96. The molecule has 0 bridgehead atoms. The number of nitro benzene ring substituents is 1. The Hall–Kier alpha value is -3.80. The molecule has 0 heterocycles. The summed E-state index contributed by atoms with van der Waals surface area (Å²) in [6, 6.07) is 20.7. The Morgan fingerprint density at radius 2 is 1.19 bits per heavy atom. The zero-order valence-electron chi connectivity index (χ0n) is 13.5. The van der Waals surface area contributed by atoms with E-state index in [0.29, 0.717) is 0 Å². The van der Waals surface area contributed by atoms with Gasteiger partial charge in [-0.3, -0.25) is 14.9 Å². The Morgan fingerprint density at radius 1 is 0.769 bits per heavy atom. The van der Waals surface area contributed by atoms with Gasteiger partial charge in [-0.1, -0.05) is 60.7 Å². The van der Waals surface area contributed by atoms with Gasteiger partial charge in [0, 0.05) is 17.2 Å². The van der Waals surface area contributed by atoms with E-state index in [1.165, 1.54) is 18.2 Å². The minimum absolute atomic E-state index is 0.149. The average molecular weight is 347 g/mol. The number of carboxylic acid groups (broad SMARTS) is 1. The molecule has 6 heteroatoms. The van der Waals surface area contributed by atoms with E-state index in [1.807, 2.05) is 48.5 Å². The van der Waals surface area contributed by atoms with Crippen LogP contribution in [0.4, 0.5) is 5.69 Å². The van der Waals surface area contributed by atoms with Crippen molar-refractivity contribution in [2.24, 2.45) is 0 Å². The number of benzene rings is 3. The summed E-state index contributed by atoms with van der Waals surface area (Å²) in [5.74, 6) is -1.14. The van der Waals surface area contributed by atoms with Crippen molar-refractivity contribution in [1.29, 1.82) is 0 Å². The van der Waals surface area contributed by atoms with Crippen molar-refractivity contribution in [2.75, 3.05) is 0 Å². The number of rotatable bonds is 2. The van der Waals surface area contributed by atoms with Crippen LogP contribution in [0, 0.1) is 10.1 Å². The highest BCUT2D eigenvalue weighted by molar-refractivity contribution is 6.21. The van der Waals surface area contributed by atoms with Crippen molar-refractivity contribution in [1.82, 2.24) is 0 Å². The molecule has 0 aromatic heterocycles. The molecule has 0 aliphatic heterocycles. The first-order valence-corrected chi connectivity index (χ1v) is 7.70. The van der Waals surface area contributed by atoms with Crippen LogP contribution >= 0.6 is 0 Å². The highest BCUT2D eigenvalue weighted by Gasteiger charge is 2.24. The predicted molar refractivity (Wildman–Crippen MR) is 95.4 cm³/mol. The number of nitrogens with zero attached hydrogens (tertiary/aromatic N) is 1. The number of para-hydroxylation sites is 1. The van der Waals surface area contributed by atoms with E-state index in [2.05, 4.69) is 0 Å². The van der Waals surface area contributed by atoms with E-state index >= 15 is 0 Å². The van der Waals surface area contributed by atoms with E-state index in [9.17, 15) is 19.7 Å². The van der Waals surface area contributed by atoms with Crippen LogP contribution in [-0.2, 0) is 0 Å². The van der Waals surface area contributed by atoms with Crippen LogP contribution in [0.15, 0.2) is 72.8 Å². The summed E-state index contributed by atoms with van der Waals surface area (Å²) in [6.07, 6.45) is 0. The lowest BCUT2D eigenvalue weighted by molar-refractivity contribution is -0.385. The van der Waals surface area contributed by atoms with Gasteiger partial charge < -0.3 is 5.11 Å². The van der Waals surface area contributed by atoms with Crippen LogP contribution in [-0.4, -0.2) is 21.8 Å². The molecule has 0 amide bonds. The van der Waals surface area contributed by atoms with Crippen LogP contribution in [0.1, 0.15) is 26.3 Å². The van der Waals surface area contributed by atoms with Crippen molar-refractivity contribution in [3.05, 3.63) is 99.6 Å². The third-order valence-corrected chi connectivity index (χ3v) is 3.96. The highest BCUT2D eigenvalue weighted by atomic mass is 16.6. The fraction of sp³-hybridized carbons (Fsp3) is 0. The van der Waals surface area contributed by atoms with Crippen LogP contribution in [0.25, 0.3) is 11.1 Å². The van der Waals surface area contributed by atoms with Gasteiger partial charge in [0.05, 0.1) is 4.92 Å². The number of hydrogen-bond donors (Lipinski definition) is 1. The molecule has 0 fully saturated rings. The maximum atomic E-state index is 11.9. The zero-order chi connectivity index (χ0) is 18.7. The first kappa shape index (κ1) is 17.0. The molecule has 3 aromatic rings. The Labute approximate surface area is 148 Å². The Bertz CT molecular complexity index is 945. The van der Waals surface area contributed by atoms with Gasteiger partial charge in [0.15, 0.2) is 5.78 Å². The molecule has 128 valence electrons. The van der Waals surface area contributed by atoms with E-state index in [4.69, 9.17) is 5.11 Å². The average Bonchev–Trinajstić information content (AvgIpc) is 2.95. The topological polar surface area (TPSA) is 97.5 Å². The van der Waals surface area contributed by atoms with Gasteiger partial charge in [-0.2, -0.15) is 0 Å². The van der Waals surface area contributed by atoms with Crippen molar-refractivity contribution in [2.45, 2.75) is 0 Å². The maximum Gasteiger partial charge on any atom is 0.342 e. The molecule has 0 saturated heterocycles. The number of ketones is 1. The van der Waals surface area contributed by atoms with E-state index < -0.39 is 10.9 Å². The lowest BCUT2D eigenvalue weighted by atomic mass is 10.1. The van der Waals surface area contributed by atoms with Crippen LogP contribution in [0.5, 0.6) is 0 Å².